The molecule has 0 aliphatic heterocycles. The Balaban J connectivity index is 2.12. The number of benzene rings is 2. The third kappa shape index (κ3) is 3.06. The van der Waals surface area contributed by atoms with E-state index in [0.717, 1.165) is 33.7 Å². The minimum absolute atomic E-state index is 0.680. The lowest BCUT2D eigenvalue weighted by Crippen LogP contribution is -1.94. The molecule has 0 atom stereocenters. The molecular formula is C18H16INO3. The van der Waals surface area contributed by atoms with Crippen molar-refractivity contribution in [3.8, 4) is 33.9 Å². The molecule has 0 spiro atoms. The van der Waals surface area contributed by atoms with E-state index in [4.69, 9.17) is 14.0 Å². The van der Waals surface area contributed by atoms with Crippen molar-refractivity contribution < 1.29 is 14.0 Å². The highest BCUT2D eigenvalue weighted by atomic mass is 127. The average molecular weight is 421 g/mol. The summed E-state index contributed by atoms with van der Waals surface area (Å²) >= 11 is 2.29. The summed E-state index contributed by atoms with van der Waals surface area (Å²) in [5.41, 5.74) is 4.72. The van der Waals surface area contributed by atoms with Crippen molar-refractivity contribution in [1.29, 1.82) is 0 Å². The van der Waals surface area contributed by atoms with Crippen molar-refractivity contribution in [3.05, 3.63) is 51.8 Å². The van der Waals surface area contributed by atoms with Gasteiger partial charge in [-0.1, -0.05) is 17.3 Å². The van der Waals surface area contributed by atoms with Crippen molar-refractivity contribution in [3.63, 3.8) is 0 Å². The zero-order valence-electron chi connectivity index (χ0n) is 13.1. The second-order valence-electron chi connectivity index (χ2n) is 5.11. The highest BCUT2D eigenvalue weighted by Crippen LogP contribution is 2.38. The number of aryl methyl sites for hydroxylation is 1. The molecule has 1 heterocycles. The quantitative estimate of drug-likeness (QED) is 0.560. The van der Waals surface area contributed by atoms with Crippen LogP contribution in [-0.2, 0) is 0 Å². The average Bonchev–Trinajstić information content (AvgIpc) is 3.04. The van der Waals surface area contributed by atoms with Gasteiger partial charge in [-0.25, -0.2) is 0 Å². The Labute approximate surface area is 148 Å². The minimum Gasteiger partial charge on any atom is -0.493 e. The zero-order chi connectivity index (χ0) is 16.4. The molecule has 5 heteroatoms. The second kappa shape index (κ2) is 6.62. The molecule has 0 aliphatic rings. The lowest BCUT2D eigenvalue weighted by Gasteiger charge is -2.12. The van der Waals surface area contributed by atoms with Gasteiger partial charge in [0.15, 0.2) is 11.5 Å². The van der Waals surface area contributed by atoms with Crippen LogP contribution in [-0.4, -0.2) is 19.4 Å². The molecule has 4 nitrogen and oxygen atoms in total. The van der Waals surface area contributed by atoms with Crippen LogP contribution in [0.3, 0.4) is 0 Å². The Morgan fingerprint density at radius 2 is 1.74 bits per heavy atom. The van der Waals surface area contributed by atoms with Crippen LogP contribution in [0.2, 0.25) is 0 Å². The molecule has 0 aliphatic carbocycles. The molecular weight excluding hydrogens is 405 g/mol. The monoisotopic (exact) mass is 421 g/mol. The van der Waals surface area contributed by atoms with Gasteiger partial charge in [0.1, 0.15) is 12.0 Å². The van der Waals surface area contributed by atoms with E-state index < -0.39 is 0 Å². The fourth-order valence-corrected chi connectivity index (χ4v) is 2.93. The van der Waals surface area contributed by atoms with E-state index in [1.54, 1.807) is 20.5 Å². The van der Waals surface area contributed by atoms with Gasteiger partial charge < -0.3 is 14.0 Å². The van der Waals surface area contributed by atoms with E-state index in [1.807, 2.05) is 19.1 Å². The van der Waals surface area contributed by atoms with Gasteiger partial charge >= 0.3 is 0 Å². The Morgan fingerprint density at radius 1 is 1.00 bits per heavy atom. The smallest absolute Gasteiger partial charge is 0.163 e. The van der Waals surface area contributed by atoms with Gasteiger partial charge in [0, 0.05) is 14.7 Å². The Bertz CT molecular complexity index is 825. The summed E-state index contributed by atoms with van der Waals surface area (Å²) in [5.74, 6) is 1.41. The molecule has 0 saturated heterocycles. The van der Waals surface area contributed by atoms with E-state index in [9.17, 15) is 0 Å². The normalized spacial score (nSPS) is 10.6. The highest BCUT2D eigenvalue weighted by Gasteiger charge is 2.16. The number of methoxy groups -OCH3 is 2. The maximum atomic E-state index is 5.43. The summed E-state index contributed by atoms with van der Waals surface area (Å²) in [7, 11) is 3.27. The first-order valence-electron chi connectivity index (χ1n) is 7.07. The van der Waals surface area contributed by atoms with Crippen LogP contribution < -0.4 is 9.47 Å². The first kappa shape index (κ1) is 15.9. The van der Waals surface area contributed by atoms with E-state index in [1.165, 1.54) is 3.57 Å². The number of hydrogen-bond donors (Lipinski definition) is 0. The van der Waals surface area contributed by atoms with Crippen LogP contribution >= 0.6 is 22.6 Å². The maximum Gasteiger partial charge on any atom is 0.163 e. The Morgan fingerprint density at radius 3 is 2.39 bits per heavy atom. The number of halogens is 1. The zero-order valence-corrected chi connectivity index (χ0v) is 15.2. The van der Waals surface area contributed by atoms with Crippen LogP contribution in [0, 0.1) is 10.5 Å². The molecule has 0 amide bonds. The first-order valence-corrected chi connectivity index (χ1v) is 8.15. The Hall–Kier alpha value is -2.02. The maximum absolute atomic E-state index is 5.43. The van der Waals surface area contributed by atoms with E-state index in [2.05, 4.69) is 52.0 Å². The third-order valence-electron chi connectivity index (χ3n) is 3.66. The van der Waals surface area contributed by atoms with Gasteiger partial charge in [0.25, 0.3) is 0 Å². The fourth-order valence-electron chi connectivity index (χ4n) is 2.57. The lowest BCUT2D eigenvalue weighted by atomic mass is 10.00. The van der Waals surface area contributed by atoms with Crippen LogP contribution in [0.5, 0.6) is 11.5 Å². The van der Waals surface area contributed by atoms with Gasteiger partial charge in [-0.2, -0.15) is 0 Å². The summed E-state index contributed by atoms with van der Waals surface area (Å²) in [6.07, 6.45) is 1.67. The standard InChI is InChI=1S/C18H16INO3/c1-11-8-13(9-16(21-2)18(11)22-3)17-15(10-23-20-17)12-4-6-14(19)7-5-12/h4-10H,1-3H3. The summed E-state index contributed by atoms with van der Waals surface area (Å²) in [4.78, 5) is 0. The fraction of sp³-hybridized carbons (Fsp3) is 0.167. The first-order chi connectivity index (χ1) is 11.1. The summed E-state index contributed by atoms with van der Waals surface area (Å²) < 4.78 is 17.2. The molecule has 0 N–H and O–H groups in total. The number of rotatable bonds is 4. The molecule has 0 saturated carbocycles. The van der Waals surface area contributed by atoms with Gasteiger partial charge in [-0.15, -0.1) is 0 Å². The SMILES string of the molecule is COc1cc(-c2nocc2-c2ccc(I)cc2)cc(C)c1OC. The minimum atomic E-state index is 0.680. The van der Waals surface area contributed by atoms with Gasteiger partial charge in [0.05, 0.1) is 14.2 Å². The number of ether oxygens (including phenoxy) is 2. The van der Waals surface area contributed by atoms with E-state index in [0.29, 0.717) is 5.75 Å². The number of nitrogens with zero attached hydrogens (tertiary/aromatic N) is 1. The Kier molecular flexibility index (Phi) is 4.56. The van der Waals surface area contributed by atoms with Crippen LogP contribution in [0.1, 0.15) is 5.56 Å². The summed E-state index contributed by atoms with van der Waals surface area (Å²) in [6.45, 7) is 1.98. The highest BCUT2D eigenvalue weighted by molar-refractivity contribution is 14.1. The molecule has 118 valence electrons. The predicted molar refractivity (Wildman–Crippen MR) is 97.9 cm³/mol. The molecule has 2 aromatic carbocycles. The molecule has 1 aromatic heterocycles. The molecule has 3 aromatic rings. The second-order valence-corrected chi connectivity index (χ2v) is 6.36. The van der Waals surface area contributed by atoms with Crippen LogP contribution in [0.15, 0.2) is 47.2 Å². The van der Waals surface area contributed by atoms with Crippen molar-refractivity contribution in [2.75, 3.05) is 14.2 Å². The topological polar surface area (TPSA) is 44.5 Å². The van der Waals surface area contributed by atoms with E-state index >= 15 is 0 Å². The van der Waals surface area contributed by atoms with Crippen LogP contribution in [0.4, 0.5) is 0 Å². The number of hydrogen-bond acceptors (Lipinski definition) is 4. The molecule has 23 heavy (non-hydrogen) atoms. The van der Waals surface area contributed by atoms with E-state index in [-0.39, 0.29) is 0 Å². The van der Waals surface area contributed by atoms with Crippen molar-refractivity contribution >= 4 is 22.6 Å². The lowest BCUT2D eigenvalue weighted by molar-refractivity contribution is 0.353. The largest absolute Gasteiger partial charge is 0.493 e. The molecule has 0 fully saturated rings. The third-order valence-corrected chi connectivity index (χ3v) is 4.38. The van der Waals surface area contributed by atoms with Crippen molar-refractivity contribution in [2.45, 2.75) is 6.92 Å². The number of aromatic nitrogens is 1. The van der Waals surface area contributed by atoms with Gasteiger partial charge in [0.2, 0.25) is 0 Å². The van der Waals surface area contributed by atoms with Crippen molar-refractivity contribution in [1.82, 2.24) is 5.16 Å². The summed E-state index contributed by atoms with van der Waals surface area (Å²) in [5, 5.41) is 4.18. The summed E-state index contributed by atoms with van der Waals surface area (Å²) in [6, 6.07) is 12.2. The molecule has 0 bridgehead atoms. The van der Waals surface area contributed by atoms with Gasteiger partial charge in [-0.3, -0.25) is 0 Å². The molecule has 0 radical (unpaired) electrons. The molecule has 0 unspecified atom stereocenters. The van der Waals surface area contributed by atoms with Gasteiger partial charge in [-0.05, 0) is 64.9 Å². The molecule has 3 rings (SSSR count). The van der Waals surface area contributed by atoms with Crippen LogP contribution in [0.25, 0.3) is 22.4 Å². The predicted octanol–water partition coefficient (Wildman–Crippen LogP) is 4.94. The van der Waals surface area contributed by atoms with Crippen molar-refractivity contribution in [2.24, 2.45) is 0 Å².